The predicted molar refractivity (Wildman–Crippen MR) is 232 cm³/mol. The van der Waals surface area contributed by atoms with Crippen molar-refractivity contribution in [1.29, 1.82) is 0 Å². The van der Waals surface area contributed by atoms with E-state index in [1.807, 2.05) is 36.4 Å². The highest BCUT2D eigenvalue weighted by atomic mass is 15.0. The first-order chi connectivity index (χ1) is 27.8. The first-order valence-electron chi connectivity index (χ1n) is 19.0. The molecule has 0 bridgehead atoms. The van der Waals surface area contributed by atoms with Crippen LogP contribution in [-0.2, 0) is 0 Å². The average molecular weight is 715 g/mol. The third kappa shape index (κ3) is 5.31. The molecule has 0 saturated heterocycles. The number of benzene rings is 8. The Kier molecular flexibility index (Phi) is 7.46. The second kappa shape index (κ2) is 13.1. The summed E-state index contributed by atoms with van der Waals surface area (Å²) in [5, 5.41) is 4.96. The van der Waals surface area contributed by atoms with Gasteiger partial charge >= 0.3 is 0 Å². The van der Waals surface area contributed by atoms with Gasteiger partial charge in [0.05, 0.1) is 33.5 Å². The molecule has 0 N–H and O–H groups in total. The SMILES string of the molecule is c1ccc(-c2cc(-c3ccccc3)nc(-c3ccc(-c4ccc5c(c4)c4ccccc4n5-c4cccc(-n5c6ccccc6c6ccccc65)c4)cc3)n2)cc1. The molecule has 0 unspecified atom stereocenters. The van der Waals surface area contributed by atoms with E-state index in [1.165, 1.54) is 43.6 Å². The molecule has 3 aromatic heterocycles. The van der Waals surface area contributed by atoms with E-state index in [4.69, 9.17) is 9.97 Å². The maximum Gasteiger partial charge on any atom is 0.160 e. The van der Waals surface area contributed by atoms with Crippen LogP contribution in [0.1, 0.15) is 0 Å². The van der Waals surface area contributed by atoms with E-state index in [1.54, 1.807) is 0 Å². The first-order valence-corrected chi connectivity index (χ1v) is 19.0. The topological polar surface area (TPSA) is 35.6 Å². The van der Waals surface area contributed by atoms with Gasteiger partial charge in [0.25, 0.3) is 0 Å². The van der Waals surface area contributed by atoms with Crippen LogP contribution in [0.4, 0.5) is 0 Å². The van der Waals surface area contributed by atoms with Gasteiger partial charge in [-0.1, -0.05) is 152 Å². The molecule has 0 saturated carbocycles. The summed E-state index contributed by atoms with van der Waals surface area (Å²) in [5.41, 5.74) is 14.2. The molecule has 0 amide bonds. The summed E-state index contributed by atoms with van der Waals surface area (Å²) in [6.07, 6.45) is 0. The van der Waals surface area contributed by atoms with Crippen LogP contribution in [0.25, 0.3) is 100 Å². The molecular formula is C52H34N4. The van der Waals surface area contributed by atoms with Crippen LogP contribution in [-0.4, -0.2) is 19.1 Å². The minimum Gasteiger partial charge on any atom is -0.309 e. The maximum atomic E-state index is 5.05. The molecule has 11 aromatic rings. The lowest BCUT2D eigenvalue weighted by molar-refractivity contribution is 1.13. The minimum atomic E-state index is 0.707. The quantitative estimate of drug-likeness (QED) is 0.172. The molecule has 0 atom stereocenters. The van der Waals surface area contributed by atoms with Gasteiger partial charge in [0, 0.05) is 49.6 Å². The van der Waals surface area contributed by atoms with Crippen LogP contribution in [0.2, 0.25) is 0 Å². The predicted octanol–water partition coefficient (Wildman–Crippen LogP) is 13.3. The largest absolute Gasteiger partial charge is 0.309 e. The molecular weight excluding hydrogens is 681 g/mol. The molecule has 0 radical (unpaired) electrons. The number of aromatic nitrogens is 4. The summed E-state index contributed by atoms with van der Waals surface area (Å²) in [5.74, 6) is 0.707. The number of fused-ring (bicyclic) bond motifs is 6. The molecule has 0 spiro atoms. The summed E-state index contributed by atoms with van der Waals surface area (Å²) in [6, 6.07) is 73.2. The van der Waals surface area contributed by atoms with E-state index in [-0.39, 0.29) is 0 Å². The molecule has 262 valence electrons. The number of nitrogens with zero attached hydrogens (tertiary/aromatic N) is 4. The van der Waals surface area contributed by atoms with Crippen LogP contribution in [0, 0.1) is 0 Å². The first kappa shape index (κ1) is 31.9. The molecule has 3 heterocycles. The highest BCUT2D eigenvalue weighted by Gasteiger charge is 2.17. The van der Waals surface area contributed by atoms with Crippen molar-refractivity contribution in [2.24, 2.45) is 0 Å². The summed E-state index contributed by atoms with van der Waals surface area (Å²) in [6.45, 7) is 0. The van der Waals surface area contributed by atoms with Gasteiger partial charge in [-0.25, -0.2) is 9.97 Å². The lowest BCUT2D eigenvalue weighted by Gasteiger charge is -2.13. The van der Waals surface area contributed by atoms with Gasteiger partial charge < -0.3 is 9.13 Å². The van der Waals surface area contributed by atoms with Crippen molar-refractivity contribution in [3.63, 3.8) is 0 Å². The van der Waals surface area contributed by atoms with Crippen molar-refractivity contribution in [3.8, 4) is 56.4 Å². The van der Waals surface area contributed by atoms with Gasteiger partial charge in [-0.2, -0.15) is 0 Å². The molecule has 0 aliphatic carbocycles. The zero-order valence-electron chi connectivity index (χ0n) is 30.4. The second-order valence-electron chi connectivity index (χ2n) is 14.2. The third-order valence-corrected chi connectivity index (χ3v) is 10.9. The molecule has 56 heavy (non-hydrogen) atoms. The lowest BCUT2D eigenvalue weighted by Crippen LogP contribution is -1.98. The smallest absolute Gasteiger partial charge is 0.160 e. The Morgan fingerprint density at radius 1 is 0.268 bits per heavy atom. The van der Waals surface area contributed by atoms with Crippen LogP contribution in [0.3, 0.4) is 0 Å². The normalized spacial score (nSPS) is 11.6. The Hall–Kier alpha value is -7.56. The van der Waals surface area contributed by atoms with Crippen LogP contribution < -0.4 is 0 Å². The van der Waals surface area contributed by atoms with Gasteiger partial charge in [-0.05, 0) is 65.7 Å². The van der Waals surface area contributed by atoms with Crippen molar-refractivity contribution in [1.82, 2.24) is 19.1 Å². The molecule has 0 fully saturated rings. The van der Waals surface area contributed by atoms with Gasteiger partial charge in [-0.3, -0.25) is 0 Å². The van der Waals surface area contributed by atoms with Gasteiger partial charge in [0.1, 0.15) is 0 Å². The molecule has 0 aliphatic heterocycles. The Morgan fingerprint density at radius 3 is 1.23 bits per heavy atom. The van der Waals surface area contributed by atoms with Gasteiger partial charge in [-0.15, -0.1) is 0 Å². The Labute approximate surface area is 324 Å². The van der Waals surface area contributed by atoms with Crippen LogP contribution in [0.15, 0.2) is 206 Å². The fourth-order valence-corrected chi connectivity index (χ4v) is 8.30. The number of hydrogen-bond acceptors (Lipinski definition) is 2. The summed E-state index contributed by atoms with van der Waals surface area (Å²) in [7, 11) is 0. The number of rotatable bonds is 6. The summed E-state index contributed by atoms with van der Waals surface area (Å²) >= 11 is 0. The van der Waals surface area contributed by atoms with Gasteiger partial charge in [0.2, 0.25) is 0 Å². The van der Waals surface area contributed by atoms with E-state index in [0.29, 0.717) is 5.82 Å². The minimum absolute atomic E-state index is 0.707. The Bertz CT molecular complexity index is 3120. The summed E-state index contributed by atoms with van der Waals surface area (Å²) in [4.78, 5) is 10.1. The third-order valence-electron chi connectivity index (χ3n) is 10.9. The Balaban J connectivity index is 0.996. The van der Waals surface area contributed by atoms with Crippen molar-refractivity contribution in [2.75, 3.05) is 0 Å². The van der Waals surface area contributed by atoms with E-state index in [9.17, 15) is 0 Å². The number of para-hydroxylation sites is 3. The van der Waals surface area contributed by atoms with Crippen molar-refractivity contribution in [2.45, 2.75) is 0 Å². The highest BCUT2D eigenvalue weighted by molar-refractivity contribution is 6.11. The number of hydrogen-bond donors (Lipinski definition) is 0. The monoisotopic (exact) mass is 714 g/mol. The van der Waals surface area contributed by atoms with Crippen LogP contribution in [0.5, 0.6) is 0 Å². The fourth-order valence-electron chi connectivity index (χ4n) is 8.30. The highest BCUT2D eigenvalue weighted by Crippen LogP contribution is 2.37. The van der Waals surface area contributed by atoms with Crippen molar-refractivity contribution < 1.29 is 0 Å². The van der Waals surface area contributed by atoms with E-state index < -0.39 is 0 Å². The van der Waals surface area contributed by atoms with Crippen LogP contribution >= 0.6 is 0 Å². The van der Waals surface area contributed by atoms with E-state index in [0.717, 1.165) is 50.6 Å². The molecule has 0 aliphatic rings. The average Bonchev–Trinajstić information content (AvgIpc) is 3.80. The molecule has 4 nitrogen and oxygen atoms in total. The van der Waals surface area contributed by atoms with E-state index in [2.05, 4.69) is 179 Å². The summed E-state index contributed by atoms with van der Waals surface area (Å²) < 4.78 is 4.78. The Morgan fingerprint density at radius 2 is 0.696 bits per heavy atom. The standard InChI is InChI=1S/C52H34N4/c1-3-14-36(15-4-1)46-34-47(37-16-5-2-6-17-37)54-52(53-46)38-28-26-35(27-29-38)39-30-31-51-45(32-39)44-22-9-12-25-50(44)56(51)41-19-13-18-40(33-41)55-48-23-10-7-20-42(48)43-21-8-11-24-49(43)55/h1-34H. The van der Waals surface area contributed by atoms with Gasteiger partial charge in [0.15, 0.2) is 5.82 Å². The second-order valence-corrected chi connectivity index (χ2v) is 14.2. The van der Waals surface area contributed by atoms with E-state index >= 15 is 0 Å². The molecule has 8 aromatic carbocycles. The molecule has 4 heteroatoms. The lowest BCUT2D eigenvalue weighted by atomic mass is 10.0. The zero-order chi connectivity index (χ0) is 37.0. The fraction of sp³-hybridized carbons (Fsp3) is 0. The zero-order valence-corrected chi connectivity index (χ0v) is 30.4. The maximum absolute atomic E-state index is 5.05. The van der Waals surface area contributed by atoms with Crippen molar-refractivity contribution in [3.05, 3.63) is 206 Å². The van der Waals surface area contributed by atoms with Crippen molar-refractivity contribution >= 4 is 43.6 Å². The molecule has 11 rings (SSSR count).